The van der Waals surface area contributed by atoms with Crippen molar-refractivity contribution >= 4 is 17.5 Å². The van der Waals surface area contributed by atoms with Gasteiger partial charge < -0.3 is 24.8 Å². The summed E-state index contributed by atoms with van der Waals surface area (Å²) < 4.78 is 6.20. The number of rotatable bonds is 8. The van der Waals surface area contributed by atoms with Gasteiger partial charge in [-0.25, -0.2) is 0 Å². The van der Waals surface area contributed by atoms with Crippen LogP contribution in [-0.4, -0.2) is 92.7 Å². The molecule has 0 unspecified atom stereocenters. The Balaban J connectivity index is 1.45. The molecular formula is C23H37ClN4O2. The molecule has 168 valence electrons. The van der Waals surface area contributed by atoms with Gasteiger partial charge in [-0.1, -0.05) is 18.5 Å². The Hall–Kier alpha value is -1.34. The fraction of sp³-hybridized carbons (Fsp3) is 0.696. The summed E-state index contributed by atoms with van der Waals surface area (Å²) in [6, 6.07) is 6.06. The molecule has 1 N–H and O–H groups in total. The average molecular weight is 437 g/mol. The highest BCUT2D eigenvalue weighted by Crippen LogP contribution is 2.29. The summed E-state index contributed by atoms with van der Waals surface area (Å²) in [7, 11) is 3.96. The molecular weight excluding hydrogens is 400 g/mol. The third-order valence-corrected chi connectivity index (χ3v) is 6.62. The van der Waals surface area contributed by atoms with Crippen LogP contribution in [0.5, 0.6) is 5.75 Å². The Labute approximate surface area is 186 Å². The molecule has 0 saturated carbocycles. The van der Waals surface area contributed by atoms with Crippen LogP contribution < -0.4 is 10.1 Å². The lowest BCUT2D eigenvalue weighted by Gasteiger charge is -2.41. The summed E-state index contributed by atoms with van der Waals surface area (Å²) in [5.74, 6) is 0.573. The number of hydrogen-bond acceptors (Lipinski definition) is 5. The number of nitrogens with zero attached hydrogens (tertiary/aromatic N) is 3. The summed E-state index contributed by atoms with van der Waals surface area (Å²) in [6.07, 6.45) is 4.80. The molecule has 1 amide bonds. The van der Waals surface area contributed by atoms with Gasteiger partial charge in [0.2, 0.25) is 0 Å². The molecule has 1 aromatic carbocycles. The minimum Gasteiger partial charge on any atom is -0.489 e. The van der Waals surface area contributed by atoms with E-state index in [9.17, 15) is 4.79 Å². The number of hydrogen-bond donors (Lipinski definition) is 1. The highest BCUT2D eigenvalue weighted by atomic mass is 35.5. The van der Waals surface area contributed by atoms with Gasteiger partial charge in [0.25, 0.3) is 5.91 Å². The van der Waals surface area contributed by atoms with Gasteiger partial charge >= 0.3 is 0 Å². The van der Waals surface area contributed by atoms with Gasteiger partial charge in [0.05, 0.1) is 5.02 Å². The van der Waals surface area contributed by atoms with Gasteiger partial charge in [0.1, 0.15) is 11.9 Å². The van der Waals surface area contributed by atoms with Gasteiger partial charge in [0.15, 0.2) is 0 Å². The number of likely N-dealkylation sites (tertiary alicyclic amines) is 2. The Kier molecular flexibility index (Phi) is 8.81. The van der Waals surface area contributed by atoms with Crippen LogP contribution in [0.2, 0.25) is 5.02 Å². The largest absolute Gasteiger partial charge is 0.489 e. The summed E-state index contributed by atoms with van der Waals surface area (Å²) in [4.78, 5) is 19.5. The van der Waals surface area contributed by atoms with Crippen LogP contribution in [0.25, 0.3) is 0 Å². The maximum absolute atomic E-state index is 12.3. The fourth-order valence-corrected chi connectivity index (χ4v) is 4.60. The standard InChI is InChI=1S/C23H37ClN4O2/c1-4-27-12-7-19(8-13-27)28-14-9-20(10-15-28)30-22-6-5-18(17-21(22)24)23(29)25-11-16-26(2)3/h5-6,17,19-20H,4,7-16H2,1-3H3,(H,25,29). The van der Waals surface area contributed by atoms with E-state index < -0.39 is 0 Å². The second kappa shape index (κ2) is 11.3. The Morgan fingerprint density at radius 1 is 1.17 bits per heavy atom. The number of piperidine rings is 2. The number of carbonyl (C=O) groups is 1. The van der Waals surface area contributed by atoms with Crippen molar-refractivity contribution < 1.29 is 9.53 Å². The number of ether oxygens (including phenoxy) is 1. The molecule has 0 radical (unpaired) electrons. The predicted octanol–water partition coefficient (Wildman–Crippen LogP) is 2.96. The number of benzene rings is 1. The molecule has 7 heteroatoms. The zero-order valence-electron chi connectivity index (χ0n) is 18.7. The first-order chi connectivity index (χ1) is 14.5. The van der Waals surface area contributed by atoms with Crippen LogP contribution in [0.4, 0.5) is 0 Å². The van der Waals surface area contributed by atoms with E-state index in [2.05, 4.69) is 22.0 Å². The lowest BCUT2D eigenvalue weighted by Crippen LogP contribution is -2.49. The SMILES string of the molecule is CCN1CCC(N2CCC(Oc3ccc(C(=O)NCCN(C)C)cc3Cl)CC2)CC1. The Bertz CT molecular complexity index is 684. The molecule has 0 atom stereocenters. The second-order valence-electron chi connectivity index (χ2n) is 8.72. The summed E-state index contributed by atoms with van der Waals surface area (Å²) >= 11 is 6.43. The van der Waals surface area contributed by atoms with Crippen molar-refractivity contribution in [3.05, 3.63) is 28.8 Å². The number of halogens is 1. The summed E-state index contributed by atoms with van der Waals surface area (Å²) in [6.45, 7) is 9.45. The molecule has 2 saturated heterocycles. The Morgan fingerprint density at radius 3 is 2.47 bits per heavy atom. The van der Waals surface area contributed by atoms with Gasteiger partial charge in [-0.15, -0.1) is 0 Å². The van der Waals surface area contributed by atoms with Crippen LogP contribution >= 0.6 is 11.6 Å². The molecule has 3 rings (SSSR count). The molecule has 6 nitrogen and oxygen atoms in total. The highest BCUT2D eigenvalue weighted by Gasteiger charge is 2.28. The number of nitrogens with one attached hydrogen (secondary N) is 1. The van der Waals surface area contributed by atoms with Gasteiger partial charge in [-0.2, -0.15) is 0 Å². The van der Waals surface area contributed by atoms with Crippen LogP contribution in [0.1, 0.15) is 43.0 Å². The summed E-state index contributed by atoms with van der Waals surface area (Å²) in [5, 5.41) is 3.42. The van der Waals surface area contributed by atoms with E-state index in [0.29, 0.717) is 22.9 Å². The topological polar surface area (TPSA) is 48.1 Å². The van der Waals surface area contributed by atoms with Crippen LogP contribution in [0.15, 0.2) is 18.2 Å². The normalized spacial score (nSPS) is 19.9. The van der Waals surface area contributed by atoms with Crippen LogP contribution in [0.3, 0.4) is 0 Å². The van der Waals surface area contributed by atoms with Crippen molar-refractivity contribution in [1.29, 1.82) is 0 Å². The minimum atomic E-state index is -0.104. The van der Waals surface area contributed by atoms with E-state index in [0.717, 1.165) is 38.5 Å². The lowest BCUT2D eigenvalue weighted by atomic mass is 9.99. The molecule has 0 aromatic heterocycles. The van der Waals surface area contributed by atoms with Crippen molar-refractivity contribution in [1.82, 2.24) is 20.0 Å². The van der Waals surface area contributed by atoms with E-state index in [4.69, 9.17) is 16.3 Å². The van der Waals surface area contributed by atoms with Crippen molar-refractivity contribution in [3.63, 3.8) is 0 Å². The van der Waals surface area contributed by atoms with E-state index in [1.165, 1.54) is 32.5 Å². The van der Waals surface area contributed by atoms with Crippen LogP contribution in [-0.2, 0) is 0 Å². The number of amides is 1. The van der Waals surface area contributed by atoms with Crippen molar-refractivity contribution in [3.8, 4) is 5.75 Å². The zero-order valence-corrected chi connectivity index (χ0v) is 19.5. The van der Waals surface area contributed by atoms with Gasteiger partial charge in [0, 0.05) is 37.8 Å². The lowest BCUT2D eigenvalue weighted by molar-refractivity contribution is 0.0495. The van der Waals surface area contributed by atoms with Crippen molar-refractivity contribution in [2.45, 2.75) is 44.8 Å². The molecule has 30 heavy (non-hydrogen) atoms. The van der Waals surface area contributed by atoms with Crippen molar-refractivity contribution in [2.75, 3.05) is 59.9 Å². The molecule has 0 spiro atoms. The third kappa shape index (κ3) is 6.58. The predicted molar refractivity (Wildman–Crippen MR) is 123 cm³/mol. The zero-order chi connectivity index (χ0) is 21.5. The maximum atomic E-state index is 12.3. The molecule has 0 aliphatic carbocycles. The first-order valence-corrected chi connectivity index (χ1v) is 11.7. The summed E-state index contributed by atoms with van der Waals surface area (Å²) in [5.41, 5.74) is 0.569. The molecule has 1 aromatic rings. The van der Waals surface area contributed by atoms with Gasteiger partial charge in [-0.3, -0.25) is 4.79 Å². The minimum absolute atomic E-state index is 0.104. The monoisotopic (exact) mass is 436 g/mol. The Morgan fingerprint density at radius 2 is 1.87 bits per heavy atom. The quantitative estimate of drug-likeness (QED) is 0.678. The van der Waals surface area contributed by atoms with E-state index in [1.807, 2.05) is 25.1 Å². The molecule has 0 bridgehead atoms. The highest BCUT2D eigenvalue weighted by molar-refractivity contribution is 6.32. The molecule has 2 aliphatic heterocycles. The van der Waals surface area contributed by atoms with Crippen molar-refractivity contribution in [2.24, 2.45) is 0 Å². The average Bonchev–Trinajstić information content (AvgIpc) is 2.75. The fourth-order valence-electron chi connectivity index (χ4n) is 4.37. The molecule has 2 fully saturated rings. The molecule has 2 heterocycles. The second-order valence-corrected chi connectivity index (χ2v) is 9.13. The maximum Gasteiger partial charge on any atom is 0.251 e. The van der Waals surface area contributed by atoms with E-state index in [1.54, 1.807) is 12.1 Å². The van der Waals surface area contributed by atoms with E-state index in [-0.39, 0.29) is 12.0 Å². The first-order valence-electron chi connectivity index (χ1n) is 11.3. The number of likely N-dealkylation sites (N-methyl/N-ethyl adjacent to an activating group) is 1. The smallest absolute Gasteiger partial charge is 0.251 e. The number of carbonyl (C=O) groups excluding carboxylic acids is 1. The van der Waals surface area contributed by atoms with Crippen LogP contribution in [0, 0.1) is 0 Å². The molecule has 2 aliphatic rings. The van der Waals surface area contributed by atoms with Gasteiger partial charge in [-0.05, 0) is 77.6 Å². The van der Waals surface area contributed by atoms with E-state index >= 15 is 0 Å². The third-order valence-electron chi connectivity index (χ3n) is 6.33. The first kappa shape index (κ1) is 23.3.